The Morgan fingerprint density at radius 1 is 1.29 bits per heavy atom. The summed E-state index contributed by atoms with van der Waals surface area (Å²) < 4.78 is 0. The molecule has 0 spiro atoms. The van der Waals surface area contributed by atoms with E-state index in [4.69, 9.17) is 0 Å². The van der Waals surface area contributed by atoms with Gasteiger partial charge >= 0.3 is 0 Å². The van der Waals surface area contributed by atoms with E-state index in [-0.39, 0.29) is 0 Å². The first-order chi connectivity index (χ1) is 8.29. The third-order valence-electron chi connectivity index (χ3n) is 2.83. The minimum absolute atomic E-state index is 0.343. The molecule has 17 heavy (non-hydrogen) atoms. The third kappa shape index (κ3) is 3.38. The van der Waals surface area contributed by atoms with Gasteiger partial charge in [0.2, 0.25) is 0 Å². The molecule has 3 heteroatoms. The van der Waals surface area contributed by atoms with Crippen LogP contribution in [0.25, 0.3) is 0 Å². The monoisotopic (exact) mass is 246 g/mol. The van der Waals surface area contributed by atoms with Gasteiger partial charge in [-0.25, -0.2) is 0 Å². The molecule has 0 amide bonds. The van der Waals surface area contributed by atoms with Gasteiger partial charge < -0.3 is 5.32 Å². The van der Waals surface area contributed by atoms with Crippen LogP contribution in [-0.4, -0.2) is 4.98 Å². The van der Waals surface area contributed by atoms with Crippen LogP contribution in [0.4, 0.5) is 0 Å². The fourth-order valence-electron chi connectivity index (χ4n) is 1.71. The molecule has 2 aromatic rings. The van der Waals surface area contributed by atoms with Gasteiger partial charge in [0, 0.05) is 34.7 Å². The van der Waals surface area contributed by atoms with Crippen molar-refractivity contribution in [1.82, 2.24) is 10.3 Å². The van der Waals surface area contributed by atoms with Crippen molar-refractivity contribution in [3.8, 4) is 0 Å². The summed E-state index contributed by atoms with van der Waals surface area (Å²) in [6, 6.07) is 8.86. The molecule has 0 unspecified atom stereocenters. The van der Waals surface area contributed by atoms with Crippen LogP contribution in [0.3, 0.4) is 0 Å². The number of nitrogens with zero attached hydrogens (tertiary/aromatic N) is 1. The first kappa shape index (κ1) is 12.3. The van der Waals surface area contributed by atoms with Gasteiger partial charge in [0.25, 0.3) is 0 Å². The van der Waals surface area contributed by atoms with Crippen LogP contribution in [-0.2, 0) is 13.0 Å². The van der Waals surface area contributed by atoms with Gasteiger partial charge in [-0.1, -0.05) is 13.0 Å². The number of aryl methyl sites for hydroxylation is 1. The Hall–Kier alpha value is -1.19. The van der Waals surface area contributed by atoms with E-state index in [1.165, 1.54) is 15.3 Å². The summed E-state index contributed by atoms with van der Waals surface area (Å²) in [5.74, 6) is 0. The summed E-state index contributed by atoms with van der Waals surface area (Å²) in [5, 5.41) is 3.52. The summed E-state index contributed by atoms with van der Waals surface area (Å²) in [5.41, 5.74) is 1.24. The van der Waals surface area contributed by atoms with Gasteiger partial charge in [-0.3, -0.25) is 4.98 Å². The topological polar surface area (TPSA) is 24.9 Å². The van der Waals surface area contributed by atoms with E-state index in [0.717, 1.165) is 13.0 Å². The van der Waals surface area contributed by atoms with Crippen LogP contribution in [0.2, 0.25) is 0 Å². The molecule has 0 aliphatic rings. The number of hydrogen-bond acceptors (Lipinski definition) is 3. The van der Waals surface area contributed by atoms with Crippen LogP contribution in [0.1, 0.15) is 35.2 Å². The summed E-state index contributed by atoms with van der Waals surface area (Å²) in [4.78, 5) is 7.00. The molecule has 1 atom stereocenters. The van der Waals surface area contributed by atoms with Crippen LogP contribution in [0.15, 0.2) is 36.7 Å². The lowest BCUT2D eigenvalue weighted by Gasteiger charge is -2.12. The van der Waals surface area contributed by atoms with E-state index in [1.807, 2.05) is 29.8 Å². The number of pyridine rings is 1. The molecule has 0 aliphatic carbocycles. The molecule has 1 N–H and O–H groups in total. The second-order valence-corrected chi connectivity index (χ2v) is 5.36. The van der Waals surface area contributed by atoms with Gasteiger partial charge in [-0.15, -0.1) is 11.3 Å². The molecule has 2 nitrogen and oxygen atoms in total. The van der Waals surface area contributed by atoms with Crippen molar-refractivity contribution in [3.05, 3.63) is 52.0 Å². The fraction of sp³-hybridized carbons (Fsp3) is 0.357. The molecular weight excluding hydrogens is 228 g/mol. The van der Waals surface area contributed by atoms with Crippen molar-refractivity contribution in [2.24, 2.45) is 0 Å². The minimum Gasteiger partial charge on any atom is -0.305 e. The number of rotatable bonds is 5. The smallest absolute Gasteiger partial charge is 0.0315 e. The van der Waals surface area contributed by atoms with Gasteiger partial charge in [0.05, 0.1) is 0 Å². The second kappa shape index (κ2) is 5.94. The van der Waals surface area contributed by atoms with Crippen LogP contribution in [0.5, 0.6) is 0 Å². The largest absolute Gasteiger partial charge is 0.305 e. The van der Waals surface area contributed by atoms with E-state index < -0.39 is 0 Å². The molecule has 0 radical (unpaired) electrons. The molecule has 2 heterocycles. The molecule has 90 valence electrons. The molecular formula is C14H18N2S. The van der Waals surface area contributed by atoms with Crippen LogP contribution < -0.4 is 5.32 Å². The zero-order valence-electron chi connectivity index (χ0n) is 10.3. The molecule has 0 aromatic carbocycles. The normalized spacial score (nSPS) is 12.6. The maximum atomic E-state index is 4.14. The van der Waals surface area contributed by atoms with Gasteiger partial charge in [0.1, 0.15) is 0 Å². The maximum Gasteiger partial charge on any atom is 0.0315 e. The zero-order valence-corrected chi connectivity index (χ0v) is 11.1. The quantitative estimate of drug-likeness (QED) is 0.872. The van der Waals surface area contributed by atoms with Crippen LogP contribution >= 0.6 is 11.3 Å². The maximum absolute atomic E-state index is 4.14. The van der Waals surface area contributed by atoms with Crippen molar-refractivity contribution in [3.63, 3.8) is 0 Å². The number of nitrogens with one attached hydrogen (secondary N) is 1. The summed E-state index contributed by atoms with van der Waals surface area (Å²) in [6.45, 7) is 5.30. The molecule has 2 aromatic heterocycles. The zero-order chi connectivity index (χ0) is 12.1. The lowest BCUT2D eigenvalue weighted by molar-refractivity contribution is 0.577. The molecule has 0 bridgehead atoms. The predicted octanol–water partition coefficient (Wildman–Crippen LogP) is 3.56. The Balaban J connectivity index is 1.90. The van der Waals surface area contributed by atoms with Crippen molar-refractivity contribution in [2.75, 3.05) is 0 Å². The highest BCUT2D eigenvalue weighted by Crippen LogP contribution is 2.18. The molecule has 0 saturated heterocycles. The lowest BCUT2D eigenvalue weighted by atomic mass is 10.1. The highest BCUT2D eigenvalue weighted by atomic mass is 32.1. The Bertz CT molecular complexity index is 450. The van der Waals surface area contributed by atoms with Crippen molar-refractivity contribution >= 4 is 11.3 Å². The average molecular weight is 246 g/mol. The average Bonchev–Trinajstić information content (AvgIpc) is 2.85. The van der Waals surface area contributed by atoms with Crippen molar-refractivity contribution in [2.45, 2.75) is 32.9 Å². The Labute approximate surface area is 107 Å². The van der Waals surface area contributed by atoms with E-state index in [9.17, 15) is 0 Å². The molecule has 0 saturated carbocycles. The first-order valence-corrected chi connectivity index (χ1v) is 6.82. The fourth-order valence-corrected chi connectivity index (χ4v) is 2.62. The standard InChI is InChI=1S/C14H18N2S/c1-3-13-6-7-14(17-13)10-16-11(2)12-5-4-8-15-9-12/h4-9,11,16H,3,10H2,1-2H3/t11-/m1/s1. The van der Waals surface area contributed by atoms with E-state index in [2.05, 4.69) is 42.3 Å². The third-order valence-corrected chi connectivity index (χ3v) is 4.06. The number of thiophene rings is 1. The highest BCUT2D eigenvalue weighted by Gasteiger charge is 2.05. The SMILES string of the molecule is CCc1ccc(CN[C@H](C)c2cccnc2)s1. The Kier molecular flexibility index (Phi) is 4.29. The number of hydrogen-bond donors (Lipinski definition) is 1. The Morgan fingerprint density at radius 3 is 2.76 bits per heavy atom. The van der Waals surface area contributed by atoms with E-state index in [0.29, 0.717) is 6.04 Å². The molecule has 0 aliphatic heterocycles. The summed E-state index contributed by atoms with van der Waals surface area (Å²) in [6.07, 6.45) is 4.86. The Morgan fingerprint density at radius 2 is 2.12 bits per heavy atom. The summed E-state index contributed by atoms with van der Waals surface area (Å²) in [7, 11) is 0. The van der Waals surface area contributed by atoms with Crippen LogP contribution in [0, 0.1) is 0 Å². The highest BCUT2D eigenvalue weighted by molar-refractivity contribution is 7.11. The molecule has 0 fully saturated rings. The minimum atomic E-state index is 0.343. The summed E-state index contributed by atoms with van der Waals surface area (Å²) >= 11 is 1.89. The van der Waals surface area contributed by atoms with Gasteiger partial charge in [-0.2, -0.15) is 0 Å². The van der Waals surface area contributed by atoms with Crippen molar-refractivity contribution in [1.29, 1.82) is 0 Å². The van der Waals surface area contributed by atoms with Crippen molar-refractivity contribution < 1.29 is 0 Å². The van der Waals surface area contributed by atoms with Gasteiger partial charge in [-0.05, 0) is 37.1 Å². The van der Waals surface area contributed by atoms with E-state index in [1.54, 1.807) is 0 Å². The first-order valence-electron chi connectivity index (χ1n) is 6.00. The second-order valence-electron chi connectivity index (χ2n) is 4.11. The van der Waals surface area contributed by atoms with Gasteiger partial charge in [0.15, 0.2) is 0 Å². The lowest BCUT2D eigenvalue weighted by Crippen LogP contribution is -2.17. The van der Waals surface area contributed by atoms with E-state index >= 15 is 0 Å². The molecule has 2 rings (SSSR count). The number of aromatic nitrogens is 1. The predicted molar refractivity (Wildman–Crippen MR) is 73.2 cm³/mol.